The highest BCUT2D eigenvalue weighted by Crippen LogP contribution is 2.37. The number of esters is 1. The van der Waals surface area contributed by atoms with Gasteiger partial charge < -0.3 is 45.0 Å². The van der Waals surface area contributed by atoms with Gasteiger partial charge in [0.2, 0.25) is 5.79 Å². The molecule has 14 heteroatoms. The minimum absolute atomic E-state index is 0.0349. The third kappa shape index (κ3) is 13.3. The Balaban J connectivity index is 1.67. The number of ether oxygens (including phenoxy) is 2. The number of Topliss-reactive ketones (excluding diaryl/α,β-unsaturated/α-hetero) is 3. The Labute approximate surface area is 367 Å². The molecule has 62 heavy (non-hydrogen) atoms. The molecule has 0 aromatic carbocycles. The first-order valence-corrected chi connectivity index (χ1v) is 22.8. The molecule has 4 rings (SSSR count). The molecule has 1 amide bonds. The van der Waals surface area contributed by atoms with Crippen LogP contribution in [-0.2, 0) is 33.4 Å². The van der Waals surface area contributed by atoms with Crippen LogP contribution in [0.15, 0.2) is 47.6 Å². The molecular weight excluding hydrogens is 799 g/mol. The molecule has 0 radical (unpaired) electrons. The van der Waals surface area contributed by atoms with Gasteiger partial charge in [0, 0.05) is 37.1 Å². The van der Waals surface area contributed by atoms with E-state index < -0.39 is 102 Å². The molecule has 2 saturated heterocycles. The van der Waals surface area contributed by atoms with Gasteiger partial charge in [-0.05, 0) is 107 Å². The van der Waals surface area contributed by atoms with Crippen molar-refractivity contribution in [2.24, 2.45) is 35.5 Å². The molecule has 3 aliphatic heterocycles. The van der Waals surface area contributed by atoms with Crippen molar-refractivity contribution in [3.05, 3.63) is 47.6 Å². The second kappa shape index (κ2) is 23.0. The lowest BCUT2D eigenvalue weighted by Gasteiger charge is -2.42. The highest BCUT2D eigenvalue weighted by atomic mass is 16.6. The van der Waals surface area contributed by atoms with Crippen LogP contribution in [0.3, 0.4) is 0 Å². The van der Waals surface area contributed by atoms with Crippen molar-refractivity contribution in [3.63, 3.8) is 0 Å². The fourth-order valence-corrected chi connectivity index (χ4v) is 9.39. The molecule has 2 bridgehead atoms. The van der Waals surface area contributed by atoms with Crippen LogP contribution in [0.5, 0.6) is 0 Å². The predicted molar refractivity (Wildman–Crippen MR) is 231 cm³/mol. The molecule has 4 aliphatic rings. The predicted octanol–water partition coefficient (Wildman–Crippen LogP) is 4.22. The Morgan fingerprint density at radius 2 is 1.52 bits per heavy atom. The fourth-order valence-electron chi connectivity index (χ4n) is 9.39. The molecule has 6 N–H and O–H groups in total. The highest BCUT2D eigenvalue weighted by Gasteiger charge is 2.53. The van der Waals surface area contributed by atoms with E-state index in [9.17, 15) is 54.6 Å². The van der Waals surface area contributed by atoms with Crippen LogP contribution >= 0.6 is 0 Å². The number of piperidine rings is 1. The minimum Gasteiger partial charge on any atom is -0.460 e. The average Bonchev–Trinajstić information content (AvgIpc) is 3.23. The Bertz CT molecular complexity index is 1700. The largest absolute Gasteiger partial charge is 0.460 e. The van der Waals surface area contributed by atoms with Gasteiger partial charge in [-0.3, -0.25) is 19.2 Å². The van der Waals surface area contributed by atoms with Crippen molar-refractivity contribution in [1.29, 1.82) is 0 Å². The lowest BCUT2D eigenvalue weighted by Crippen LogP contribution is -2.61. The van der Waals surface area contributed by atoms with Gasteiger partial charge in [0.1, 0.15) is 30.1 Å². The Hall–Kier alpha value is -3.37. The van der Waals surface area contributed by atoms with Crippen molar-refractivity contribution in [3.8, 4) is 0 Å². The number of fused-ring (bicyclic) bond motifs is 3. The topological polar surface area (TPSA) is 228 Å². The van der Waals surface area contributed by atoms with Crippen LogP contribution < -0.4 is 0 Å². The van der Waals surface area contributed by atoms with Crippen molar-refractivity contribution in [2.75, 3.05) is 6.54 Å². The molecule has 348 valence electrons. The number of aliphatic hydroxyl groups excluding tert-OH is 5. The third-order valence-electron chi connectivity index (χ3n) is 13.7. The van der Waals surface area contributed by atoms with Crippen LogP contribution in [0.2, 0.25) is 0 Å². The van der Waals surface area contributed by atoms with Gasteiger partial charge in [0.15, 0.2) is 5.78 Å². The van der Waals surface area contributed by atoms with Crippen LogP contribution in [0.25, 0.3) is 0 Å². The Kier molecular flexibility index (Phi) is 19.0. The van der Waals surface area contributed by atoms with Gasteiger partial charge in [-0.25, -0.2) is 4.79 Å². The van der Waals surface area contributed by atoms with Gasteiger partial charge in [-0.1, -0.05) is 71.1 Å². The van der Waals surface area contributed by atoms with Gasteiger partial charge in [0.05, 0.1) is 24.4 Å². The van der Waals surface area contributed by atoms with E-state index in [4.69, 9.17) is 9.47 Å². The van der Waals surface area contributed by atoms with E-state index >= 15 is 0 Å². The molecule has 14 nitrogen and oxygen atoms in total. The van der Waals surface area contributed by atoms with Crippen molar-refractivity contribution < 1.29 is 64.1 Å². The number of cyclic esters (lactones) is 1. The maximum Gasteiger partial charge on any atom is 0.329 e. The summed E-state index contributed by atoms with van der Waals surface area (Å²) in [5.74, 6) is -9.20. The molecule has 3 fully saturated rings. The second-order valence-corrected chi connectivity index (χ2v) is 19.0. The second-order valence-electron chi connectivity index (χ2n) is 19.0. The number of amides is 1. The van der Waals surface area contributed by atoms with Crippen LogP contribution in [0, 0.1) is 35.5 Å². The normalized spacial score (nSPS) is 41.8. The smallest absolute Gasteiger partial charge is 0.329 e. The zero-order valence-corrected chi connectivity index (χ0v) is 37.7. The number of hydrogen-bond donors (Lipinski definition) is 6. The SMILES string of the molecule is C/C1=C\[C@@H](C)C(=O)C[C@@H]([C@H](C)C[C@@H]2CC[C@@H](O)[C@H](O)C2)OC(=O)[C@@H]2CCCCN2C(=O)C(=O)[C@]2(O)O[C@@H](CC[C@H]2C)C[C@H](O)/C(C)=C/C=C/C=C/[C@@H](C)C[C@@H](C)C(=O)[C@H](O)[C@@H]1O. The number of carbonyl (C=O) groups excluding carboxylic acids is 5. The Morgan fingerprint density at radius 1 is 0.806 bits per heavy atom. The van der Waals surface area contributed by atoms with Crippen molar-refractivity contribution >= 4 is 29.2 Å². The van der Waals surface area contributed by atoms with Gasteiger partial charge in [-0.2, -0.15) is 0 Å². The van der Waals surface area contributed by atoms with E-state index in [0.717, 1.165) is 4.90 Å². The number of ketones is 3. The van der Waals surface area contributed by atoms with Crippen molar-refractivity contribution in [1.82, 2.24) is 4.90 Å². The number of allylic oxidation sites excluding steroid dienone is 6. The molecule has 0 aromatic rings. The van der Waals surface area contributed by atoms with Crippen LogP contribution in [0.4, 0.5) is 0 Å². The summed E-state index contributed by atoms with van der Waals surface area (Å²) >= 11 is 0. The number of hydrogen-bond acceptors (Lipinski definition) is 13. The molecule has 1 saturated carbocycles. The monoisotopic (exact) mass is 872 g/mol. The van der Waals surface area contributed by atoms with Crippen LogP contribution in [0.1, 0.15) is 126 Å². The van der Waals surface area contributed by atoms with E-state index in [-0.39, 0.29) is 49.0 Å². The first kappa shape index (κ1) is 51.3. The van der Waals surface area contributed by atoms with Gasteiger partial charge >= 0.3 is 5.97 Å². The fraction of sp³-hybridized carbons (Fsp3) is 0.729. The highest BCUT2D eigenvalue weighted by molar-refractivity contribution is 6.39. The van der Waals surface area contributed by atoms with Gasteiger partial charge in [-0.15, -0.1) is 0 Å². The van der Waals surface area contributed by atoms with E-state index in [1.807, 2.05) is 26.0 Å². The van der Waals surface area contributed by atoms with Crippen molar-refractivity contribution in [2.45, 2.75) is 180 Å². The number of nitrogens with zero attached hydrogens (tertiary/aromatic N) is 1. The first-order chi connectivity index (χ1) is 29.1. The summed E-state index contributed by atoms with van der Waals surface area (Å²) in [7, 11) is 0. The van der Waals surface area contributed by atoms with E-state index in [1.165, 1.54) is 13.0 Å². The number of rotatable bonds is 3. The van der Waals surface area contributed by atoms with Crippen LogP contribution in [-0.4, -0.2) is 126 Å². The van der Waals surface area contributed by atoms with E-state index in [1.54, 1.807) is 45.9 Å². The first-order valence-electron chi connectivity index (χ1n) is 22.8. The molecule has 0 aromatic heterocycles. The summed E-state index contributed by atoms with van der Waals surface area (Å²) in [6.07, 6.45) is 6.61. The molecule has 0 unspecified atom stereocenters. The zero-order valence-electron chi connectivity index (χ0n) is 37.7. The quantitative estimate of drug-likeness (QED) is 0.133. The molecule has 0 spiro atoms. The summed E-state index contributed by atoms with van der Waals surface area (Å²) in [5.41, 5.74) is 0.820. The maximum absolute atomic E-state index is 14.2. The van der Waals surface area contributed by atoms with Gasteiger partial charge in [0.25, 0.3) is 11.7 Å². The lowest BCUT2D eigenvalue weighted by atomic mass is 9.78. The summed E-state index contributed by atoms with van der Waals surface area (Å²) in [6, 6.07) is -1.19. The average molecular weight is 872 g/mol. The summed E-state index contributed by atoms with van der Waals surface area (Å²) in [6.45, 7) is 12.0. The third-order valence-corrected chi connectivity index (χ3v) is 13.7. The number of carbonyl (C=O) groups is 5. The van der Waals surface area contributed by atoms with E-state index in [0.29, 0.717) is 63.4 Å². The zero-order chi connectivity index (χ0) is 46.1. The molecule has 3 heterocycles. The summed E-state index contributed by atoms with van der Waals surface area (Å²) < 4.78 is 12.1. The van der Waals surface area contributed by atoms with E-state index in [2.05, 4.69) is 0 Å². The Morgan fingerprint density at radius 3 is 2.21 bits per heavy atom. The summed E-state index contributed by atoms with van der Waals surface area (Å²) in [4.78, 5) is 70.6. The molecule has 1 aliphatic carbocycles. The molecular formula is C48H73NO13. The summed E-state index contributed by atoms with van der Waals surface area (Å²) in [5, 5.41) is 65.3. The number of aliphatic hydroxyl groups is 6. The molecule has 15 atom stereocenters. The minimum atomic E-state index is -2.50. The standard InChI is InChI=1S/C48H73NO13/c1-27-13-9-8-10-14-28(2)38(51)25-35-18-16-33(7)48(60,62-35)45(57)46(58)49-20-12-11-15-36(49)47(59)61-41(30(4)23-34-17-19-37(50)40(53)24-34)26-39(52)29(3)22-32(6)43(55)44(56)42(54)31(5)21-27/h8-10,13-14,22,27,29-31,33-38,40-41,43-44,50-51,53,55-56,60H,11-12,15-21,23-26H2,1-7H3/b10-8+,13-9+,28-14+,32-22+/t27-,29-,30-,31-,33-,34+,35+,36+,37-,38+,40-,41+,43-,44+,48-/m1/s1. The maximum atomic E-state index is 14.2. The lowest BCUT2D eigenvalue weighted by molar-refractivity contribution is -0.265.